The lowest BCUT2D eigenvalue weighted by atomic mass is 10.1. The SMILES string of the molecule is CCC(C)/C=C\CC/C=C\C(C)NCC(C)CC(N)=O. The first-order valence-corrected chi connectivity index (χ1v) is 7.80. The molecule has 0 heterocycles. The van der Waals surface area contributed by atoms with Crippen LogP contribution in [0.25, 0.3) is 0 Å². The molecule has 1 amide bonds. The van der Waals surface area contributed by atoms with E-state index < -0.39 is 0 Å². The van der Waals surface area contributed by atoms with Crippen molar-refractivity contribution in [2.75, 3.05) is 6.54 Å². The predicted molar refractivity (Wildman–Crippen MR) is 87.4 cm³/mol. The largest absolute Gasteiger partial charge is 0.370 e. The Bertz CT molecular complexity index is 310. The molecule has 3 nitrogen and oxygen atoms in total. The third kappa shape index (κ3) is 12.0. The molecule has 0 saturated heterocycles. The van der Waals surface area contributed by atoms with Gasteiger partial charge in [-0.05, 0) is 38.1 Å². The highest BCUT2D eigenvalue weighted by molar-refractivity contribution is 5.73. The van der Waals surface area contributed by atoms with Gasteiger partial charge < -0.3 is 11.1 Å². The number of rotatable bonds is 11. The minimum Gasteiger partial charge on any atom is -0.370 e. The van der Waals surface area contributed by atoms with Gasteiger partial charge in [0.25, 0.3) is 0 Å². The standard InChI is InChI=1S/C17H32N2O/c1-5-14(2)10-8-6-7-9-11-16(4)19-13-15(3)12-17(18)20/h8-11,14-16,19H,5-7,12-13H2,1-4H3,(H2,18,20)/b10-8-,11-9-. The summed E-state index contributed by atoms with van der Waals surface area (Å²) < 4.78 is 0. The van der Waals surface area contributed by atoms with Gasteiger partial charge >= 0.3 is 0 Å². The lowest BCUT2D eigenvalue weighted by Crippen LogP contribution is -2.30. The predicted octanol–water partition coefficient (Wildman–Crippen LogP) is 3.41. The number of amides is 1. The molecule has 0 radical (unpaired) electrons. The van der Waals surface area contributed by atoms with Crippen molar-refractivity contribution >= 4 is 5.91 Å². The molecule has 3 heteroatoms. The summed E-state index contributed by atoms with van der Waals surface area (Å²) in [7, 11) is 0. The number of hydrogen-bond acceptors (Lipinski definition) is 2. The third-order valence-corrected chi connectivity index (χ3v) is 3.37. The van der Waals surface area contributed by atoms with Crippen LogP contribution in [0.4, 0.5) is 0 Å². The quantitative estimate of drug-likeness (QED) is 0.450. The maximum atomic E-state index is 10.8. The summed E-state index contributed by atoms with van der Waals surface area (Å²) in [4.78, 5) is 10.8. The van der Waals surface area contributed by atoms with Crippen molar-refractivity contribution in [2.45, 2.75) is 59.4 Å². The van der Waals surface area contributed by atoms with Crippen LogP contribution in [0.5, 0.6) is 0 Å². The van der Waals surface area contributed by atoms with E-state index in [1.807, 2.05) is 6.92 Å². The molecule has 3 unspecified atom stereocenters. The van der Waals surface area contributed by atoms with Gasteiger partial charge in [-0.2, -0.15) is 0 Å². The van der Waals surface area contributed by atoms with Crippen LogP contribution in [-0.4, -0.2) is 18.5 Å². The Morgan fingerprint density at radius 1 is 1.15 bits per heavy atom. The third-order valence-electron chi connectivity index (χ3n) is 3.37. The molecule has 116 valence electrons. The summed E-state index contributed by atoms with van der Waals surface area (Å²) >= 11 is 0. The average molecular weight is 280 g/mol. The molecule has 0 aromatic rings. The highest BCUT2D eigenvalue weighted by Gasteiger charge is 2.06. The van der Waals surface area contributed by atoms with Crippen molar-refractivity contribution in [3.8, 4) is 0 Å². The molecule has 0 aromatic heterocycles. The first-order chi connectivity index (χ1) is 9.45. The highest BCUT2D eigenvalue weighted by atomic mass is 16.1. The highest BCUT2D eigenvalue weighted by Crippen LogP contribution is 2.04. The van der Waals surface area contributed by atoms with Gasteiger partial charge in [0.1, 0.15) is 0 Å². The van der Waals surface area contributed by atoms with E-state index >= 15 is 0 Å². The average Bonchev–Trinajstić information content (AvgIpc) is 2.39. The van der Waals surface area contributed by atoms with Gasteiger partial charge in [-0.1, -0.05) is 51.5 Å². The normalized spacial score (nSPS) is 16.6. The van der Waals surface area contributed by atoms with Gasteiger partial charge in [0.2, 0.25) is 5.91 Å². The molecule has 20 heavy (non-hydrogen) atoms. The number of allylic oxidation sites excluding steroid dienone is 3. The zero-order valence-corrected chi connectivity index (χ0v) is 13.6. The van der Waals surface area contributed by atoms with Gasteiger partial charge in [0.05, 0.1) is 0 Å². The minimum atomic E-state index is -0.226. The van der Waals surface area contributed by atoms with E-state index in [9.17, 15) is 4.79 Å². The summed E-state index contributed by atoms with van der Waals surface area (Å²) in [6.07, 6.45) is 12.8. The first-order valence-electron chi connectivity index (χ1n) is 7.80. The fourth-order valence-corrected chi connectivity index (χ4v) is 1.83. The number of nitrogens with one attached hydrogen (secondary N) is 1. The van der Waals surface area contributed by atoms with Crippen molar-refractivity contribution in [3.05, 3.63) is 24.3 Å². The molecular weight excluding hydrogens is 248 g/mol. The van der Waals surface area contributed by atoms with Crippen LogP contribution in [0.1, 0.15) is 53.4 Å². The van der Waals surface area contributed by atoms with E-state index in [4.69, 9.17) is 5.73 Å². The molecule has 0 aliphatic carbocycles. The Labute approximate surface area is 124 Å². The molecule has 0 aromatic carbocycles. The molecule has 3 N–H and O–H groups in total. The maximum Gasteiger partial charge on any atom is 0.217 e. The second kappa shape index (κ2) is 11.7. The molecule has 0 rings (SSSR count). The minimum absolute atomic E-state index is 0.226. The number of hydrogen-bond donors (Lipinski definition) is 2. The monoisotopic (exact) mass is 280 g/mol. The smallest absolute Gasteiger partial charge is 0.217 e. The van der Waals surface area contributed by atoms with Crippen LogP contribution in [0, 0.1) is 11.8 Å². The summed E-state index contributed by atoms with van der Waals surface area (Å²) in [6, 6.07) is 0.337. The Hall–Kier alpha value is -1.09. The lowest BCUT2D eigenvalue weighted by molar-refractivity contribution is -0.118. The van der Waals surface area contributed by atoms with Gasteiger partial charge in [-0.15, -0.1) is 0 Å². The molecule has 0 bridgehead atoms. The van der Waals surface area contributed by atoms with Crippen LogP contribution in [0.15, 0.2) is 24.3 Å². The van der Waals surface area contributed by atoms with Crippen LogP contribution in [0.2, 0.25) is 0 Å². The topological polar surface area (TPSA) is 55.1 Å². The summed E-state index contributed by atoms with van der Waals surface area (Å²) in [5, 5.41) is 3.39. The number of unbranched alkanes of at least 4 members (excludes halogenated alkanes) is 1. The van der Waals surface area contributed by atoms with E-state index in [1.54, 1.807) is 0 Å². The van der Waals surface area contributed by atoms with E-state index in [1.165, 1.54) is 6.42 Å². The number of primary amides is 1. The molecule has 0 saturated carbocycles. The first kappa shape index (κ1) is 18.9. The number of nitrogens with two attached hydrogens (primary N) is 1. The fourth-order valence-electron chi connectivity index (χ4n) is 1.83. The molecule has 0 spiro atoms. The second-order valence-electron chi connectivity index (χ2n) is 5.79. The Kier molecular flexibility index (Phi) is 11.1. The molecule has 0 fully saturated rings. The zero-order chi connectivity index (χ0) is 15.4. The van der Waals surface area contributed by atoms with Gasteiger partial charge in [0, 0.05) is 12.5 Å². The fraction of sp³-hybridized carbons (Fsp3) is 0.706. The molecule has 0 aliphatic heterocycles. The Morgan fingerprint density at radius 3 is 2.30 bits per heavy atom. The van der Waals surface area contributed by atoms with Gasteiger partial charge in [0.15, 0.2) is 0 Å². The van der Waals surface area contributed by atoms with Crippen molar-refractivity contribution in [1.29, 1.82) is 0 Å². The van der Waals surface area contributed by atoms with Crippen molar-refractivity contribution in [2.24, 2.45) is 17.6 Å². The summed E-state index contributed by atoms with van der Waals surface area (Å²) in [5.41, 5.74) is 5.17. The van der Waals surface area contributed by atoms with Crippen molar-refractivity contribution in [3.63, 3.8) is 0 Å². The lowest BCUT2D eigenvalue weighted by Gasteiger charge is -2.14. The molecule has 3 atom stereocenters. The maximum absolute atomic E-state index is 10.8. The van der Waals surface area contributed by atoms with Crippen LogP contribution >= 0.6 is 0 Å². The van der Waals surface area contributed by atoms with E-state index in [-0.39, 0.29) is 5.91 Å². The van der Waals surface area contributed by atoms with E-state index in [0.717, 1.165) is 19.4 Å². The van der Waals surface area contributed by atoms with Crippen LogP contribution in [-0.2, 0) is 4.79 Å². The number of carbonyl (C=O) groups excluding carboxylic acids is 1. The van der Waals surface area contributed by atoms with Gasteiger partial charge in [-0.25, -0.2) is 0 Å². The Balaban J connectivity index is 3.70. The summed E-state index contributed by atoms with van der Waals surface area (Å²) in [6.45, 7) is 9.44. The second-order valence-corrected chi connectivity index (χ2v) is 5.79. The van der Waals surface area contributed by atoms with E-state index in [0.29, 0.717) is 24.3 Å². The van der Waals surface area contributed by atoms with Crippen LogP contribution in [0.3, 0.4) is 0 Å². The van der Waals surface area contributed by atoms with Crippen LogP contribution < -0.4 is 11.1 Å². The molecular formula is C17H32N2O. The van der Waals surface area contributed by atoms with Gasteiger partial charge in [-0.3, -0.25) is 4.79 Å². The Morgan fingerprint density at radius 2 is 1.75 bits per heavy atom. The molecule has 0 aliphatic rings. The number of carbonyl (C=O) groups is 1. The van der Waals surface area contributed by atoms with E-state index in [2.05, 4.69) is 50.4 Å². The van der Waals surface area contributed by atoms with Crippen molar-refractivity contribution in [1.82, 2.24) is 5.32 Å². The zero-order valence-electron chi connectivity index (χ0n) is 13.6. The van der Waals surface area contributed by atoms with Crippen molar-refractivity contribution < 1.29 is 4.79 Å². The summed E-state index contributed by atoms with van der Waals surface area (Å²) in [5.74, 6) is 0.753.